The highest BCUT2D eigenvalue weighted by molar-refractivity contribution is 5.37. The van der Waals surface area contributed by atoms with Crippen LogP contribution in [0.3, 0.4) is 0 Å². The topological polar surface area (TPSA) is 50.7 Å². The zero-order chi connectivity index (χ0) is 15.0. The van der Waals surface area contributed by atoms with Crippen LogP contribution in [0.5, 0.6) is 5.75 Å². The molecule has 0 spiro atoms. The van der Waals surface area contributed by atoms with Crippen molar-refractivity contribution in [3.63, 3.8) is 0 Å². The molecule has 0 fully saturated rings. The van der Waals surface area contributed by atoms with Gasteiger partial charge >= 0.3 is 0 Å². The Bertz CT molecular complexity index is 391. The molecule has 0 radical (unpaired) electrons. The van der Waals surface area contributed by atoms with Crippen molar-refractivity contribution >= 4 is 0 Å². The third-order valence-electron chi connectivity index (χ3n) is 3.18. The quantitative estimate of drug-likeness (QED) is 0.682. The first kappa shape index (κ1) is 17.0. The number of rotatable bonds is 9. The van der Waals surface area contributed by atoms with Crippen LogP contribution in [0, 0.1) is 0 Å². The van der Waals surface area contributed by atoms with Crippen molar-refractivity contribution in [3.05, 3.63) is 29.8 Å². The van der Waals surface area contributed by atoms with Gasteiger partial charge in [0, 0.05) is 18.7 Å². The number of hydrogen-bond acceptors (Lipinski definition) is 4. The lowest BCUT2D eigenvalue weighted by molar-refractivity contribution is 0.0433. The van der Waals surface area contributed by atoms with Crippen LogP contribution < -0.4 is 10.1 Å². The number of aliphatic hydroxyl groups is 1. The Morgan fingerprint density at radius 3 is 2.60 bits per heavy atom. The second kappa shape index (κ2) is 8.25. The van der Waals surface area contributed by atoms with Crippen LogP contribution in [0.4, 0.5) is 0 Å². The van der Waals surface area contributed by atoms with Gasteiger partial charge in [0.2, 0.25) is 0 Å². The molecule has 20 heavy (non-hydrogen) atoms. The number of nitrogens with one attached hydrogen (secondary N) is 1. The summed E-state index contributed by atoms with van der Waals surface area (Å²) >= 11 is 0. The molecule has 0 amide bonds. The molecular weight excluding hydrogens is 254 g/mol. The number of para-hydroxylation sites is 1. The van der Waals surface area contributed by atoms with Crippen LogP contribution in [-0.4, -0.2) is 38.0 Å². The molecule has 0 aliphatic rings. The summed E-state index contributed by atoms with van der Waals surface area (Å²) in [5.41, 5.74) is -0.0902. The van der Waals surface area contributed by atoms with Crippen molar-refractivity contribution in [2.24, 2.45) is 0 Å². The van der Waals surface area contributed by atoms with Gasteiger partial charge in [0.1, 0.15) is 12.4 Å². The van der Waals surface area contributed by atoms with E-state index in [1.807, 2.05) is 31.2 Å². The molecule has 0 heterocycles. The SMILES string of the molecule is COCCOc1ccccc1C(C)(O)CCNC(C)C. The maximum atomic E-state index is 10.7. The van der Waals surface area contributed by atoms with Gasteiger partial charge in [0.05, 0.1) is 12.2 Å². The molecule has 0 bridgehead atoms. The molecule has 0 aromatic heterocycles. The minimum atomic E-state index is -0.911. The lowest BCUT2D eigenvalue weighted by atomic mass is 9.91. The summed E-state index contributed by atoms with van der Waals surface area (Å²) in [4.78, 5) is 0. The van der Waals surface area contributed by atoms with E-state index in [-0.39, 0.29) is 0 Å². The Morgan fingerprint density at radius 1 is 1.25 bits per heavy atom. The maximum Gasteiger partial charge on any atom is 0.125 e. The van der Waals surface area contributed by atoms with Gasteiger partial charge in [-0.1, -0.05) is 32.0 Å². The predicted molar refractivity (Wildman–Crippen MR) is 81.1 cm³/mol. The van der Waals surface area contributed by atoms with Crippen molar-refractivity contribution in [1.29, 1.82) is 0 Å². The van der Waals surface area contributed by atoms with E-state index < -0.39 is 5.60 Å². The van der Waals surface area contributed by atoms with E-state index >= 15 is 0 Å². The smallest absolute Gasteiger partial charge is 0.125 e. The molecule has 1 aromatic rings. The minimum Gasteiger partial charge on any atom is -0.491 e. The molecule has 1 atom stereocenters. The van der Waals surface area contributed by atoms with Gasteiger partial charge in [0.25, 0.3) is 0 Å². The average molecular weight is 281 g/mol. The molecule has 0 aliphatic carbocycles. The summed E-state index contributed by atoms with van der Waals surface area (Å²) < 4.78 is 10.7. The molecule has 2 N–H and O–H groups in total. The second-order valence-corrected chi connectivity index (χ2v) is 5.47. The molecule has 0 saturated carbocycles. The molecule has 1 rings (SSSR count). The lowest BCUT2D eigenvalue weighted by Gasteiger charge is -2.26. The van der Waals surface area contributed by atoms with E-state index in [1.165, 1.54) is 0 Å². The lowest BCUT2D eigenvalue weighted by Crippen LogP contribution is -2.31. The van der Waals surface area contributed by atoms with Gasteiger partial charge < -0.3 is 19.9 Å². The highest BCUT2D eigenvalue weighted by Crippen LogP contribution is 2.32. The van der Waals surface area contributed by atoms with E-state index in [0.29, 0.717) is 25.7 Å². The van der Waals surface area contributed by atoms with Crippen molar-refractivity contribution in [1.82, 2.24) is 5.32 Å². The van der Waals surface area contributed by atoms with Crippen LogP contribution in [-0.2, 0) is 10.3 Å². The highest BCUT2D eigenvalue weighted by Gasteiger charge is 2.26. The summed E-state index contributed by atoms with van der Waals surface area (Å²) in [5, 5.41) is 14.0. The first-order chi connectivity index (χ1) is 9.47. The normalized spacial score (nSPS) is 14.3. The molecule has 1 unspecified atom stereocenters. The van der Waals surface area contributed by atoms with Crippen molar-refractivity contribution in [2.45, 2.75) is 38.8 Å². The molecular formula is C16H27NO3. The second-order valence-electron chi connectivity index (χ2n) is 5.47. The van der Waals surface area contributed by atoms with Crippen LogP contribution in [0.1, 0.15) is 32.8 Å². The van der Waals surface area contributed by atoms with Gasteiger partial charge in [-0.2, -0.15) is 0 Å². The Hall–Kier alpha value is -1.10. The van der Waals surface area contributed by atoms with Crippen LogP contribution in [0.25, 0.3) is 0 Å². The fourth-order valence-corrected chi connectivity index (χ4v) is 2.01. The monoisotopic (exact) mass is 281 g/mol. The van der Waals surface area contributed by atoms with Crippen molar-refractivity contribution in [2.75, 3.05) is 26.9 Å². The standard InChI is InChI=1S/C16H27NO3/c1-13(2)17-10-9-16(3,18)14-7-5-6-8-15(14)20-12-11-19-4/h5-8,13,17-18H,9-12H2,1-4H3. The molecule has 114 valence electrons. The minimum absolute atomic E-state index is 0.416. The predicted octanol–water partition coefficient (Wildman–Crippen LogP) is 2.31. The van der Waals surface area contributed by atoms with E-state index in [0.717, 1.165) is 17.9 Å². The molecule has 0 aliphatic heterocycles. The molecule has 4 nitrogen and oxygen atoms in total. The van der Waals surface area contributed by atoms with Crippen LogP contribution in [0.2, 0.25) is 0 Å². The third-order valence-corrected chi connectivity index (χ3v) is 3.18. The van der Waals surface area contributed by atoms with E-state index in [4.69, 9.17) is 9.47 Å². The van der Waals surface area contributed by atoms with E-state index in [2.05, 4.69) is 19.2 Å². The van der Waals surface area contributed by atoms with Crippen LogP contribution >= 0.6 is 0 Å². The summed E-state index contributed by atoms with van der Waals surface area (Å²) in [6, 6.07) is 8.04. The molecule has 0 saturated heterocycles. The van der Waals surface area contributed by atoms with Crippen molar-refractivity contribution < 1.29 is 14.6 Å². The Labute approximate surface area is 122 Å². The zero-order valence-corrected chi connectivity index (χ0v) is 13.0. The van der Waals surface area contributed by atoms with E-state index in [9.17, 15) is 5.11 Å². The van der Waals surface area contributed by atoms with Gasteiger partial charge in [-0.25, -0.2) is 0 Å². The Balaban J connectivity index is 2.71. The van der Waals surface area contributed by atoms with Gasteiger partial charge in [0.15, 0.2) is 0 Å². The van der Waals surface area contributed by atoms with Crippen LogP contribution in [0.15, 0.2) is 24.3 Å². The first-order valence-electron chi connectivity index (χ1n) is 7.14. The average Bonchev–Trinajstić information content (AvgIpc) is 2.39. The fourth-order valence-electron chi connectivity index (χ4n) is 2.01. The first-order valence-corrected chi connectivity index (χ1v) is 7.14. The number of methoxy groups -OCH3 is 1. The highest BCUT2D eigenvalue weighted by atomic mass is 16.5. The molecule has 4 heteroatoms. The summed E-state index contributed by atoms with van der Waals surface area (Å²) in [6.07, 6.45) is 0.635. The van der Waals surface area contributed by atoms with Gasteiger partial charge in [-0.3, -0.25) is 0 Å². The number of benzene rings is 1. The summed E-state index contributed by atoms with van der Waals surface area (Å²) in [5.74, 6) is 0.721. The Morgan fingerprint density at radius 2 is 1.95 bits per heavy atom. The van der Waals surface area contributed by atoms with Gasteiger partial charge in [-0.05, 0) is 26.0 Å². The number of hydrogen-bond donors (Lipinski definition) is 2. The van der Waals surface area contributed by atoms with Gasteiger partial charge in [-0.15, -0.1) is 0 Å². The maximum absolute atomic E-state index is 10.7. The Kier molecular flexibility index (Phi) is 6.99. The largest absolute Gasteiger partial charge is 0.491 e. The van der Waals surface area contributed by atoms with E-state index in [1.54, 1.807) is 7.11 Å². The zero-order valence-electron chi connectivity index (χ0n) is 13.0. The molecule has 1 aromatic carbocycles. The fraction of sp³-hybridized carbons (Fsp3) is 0.625. The number of ether oxygens (including phenoxy) is 2. The summed E-state index contributed by atoms with van der Waals surface area (Å²) in [6.45, 7) is 7.79. The summed E-state index contributed by atoms with van der Waals surface area (Å²) in [7, 11) is 1.64. The third kappa shape index (κ3) is 5.49. The van der Waals surface area contributed by atoms with Crippen molar-refractivity contribution in [3.8, 4) is 5.75 Å².